The van der Waals surface area contributed by atoms with Crippen LogP contribution in [-0.4, -0.2) is 42.0 Å². The van der Waals surface area contributed by atoms with Gasteiger partial charge in [0.1, 0.15) is 18.4 Å². The number of amides is 1. The molecular formula is C23H22FN9O2. The Morgan fingerprint density at radius 1 is 1.09 bits per heavy atom. The number of halogens is 1. The van der Waals surface area contributed by atoms with Crippen LogP contribution < -0.4 is 16.0 Å². The van der Waals surface area contributed by atoms with E-state index in [0.29, 0.717) is 29.3 Å². The van der Waals surface area contributed by atoms with Crippen molar-refractivity contribution in [1.29, 1.82) is 0 Å². The minimum atomic E-state index is -0.546. The lowest BCUT2D eigenvalue weighted by Crippen LogP contribution is -2.20. The van der Waals surface area contributed by atoms with Crippen LogP contribution in [0.5, 0.6) is 0 Å². The molecule has 1 amide bonds. The van der Waals surface area contributed by atoms with Crippen molar-refractivity contribution in [3.05, 3.63) is 67.4 Å². The zero-order valence-corrected chi connectivity index (χ0v) is 18.6. The molecule has 1 fully saturated rings. The summed E-state index contributed by atoms with van der Waals surface area (Å²) in [6, 6.07) is 5.55. The average molecular weight is 475 g/mol. The van der Waals surface area contributed by atoms with Gasteiger partial charge in [-0.25, -0.2) is 29.3 Å². The first-order valence-electron chi connectivity index (χ1n) is 11.0. The Hall–Kier alpha value is -4.45. The van der Waals surface area contributed by atoms with E-state index >= 15 is 0 Å². The highest BCUT2D eigenvalue weighted by atomic mass is 19.1. The molecule has 1 atom stereocenters. The molecule has 0 bridgehead atoms. The van der Waals surface area contributed by atoms with Crippen molar-refractivity contribution in [3.63, 3.8) is 0 Å². The van der Waals surface area contributed by atoms with Gasteiger partial charge >= 0.3 is 0 Å². The van der Waals surface area contributed by atoms with Crippen LogP contribution in [0.25, 0.3) is 11.2 Å². The fourth-order valence-electron chi connectivity index (χ4n) is 3.71. The van der Waals surface area contributed by atoms with Gasteiger partial charge in [-0.3, -0.25) is 9.36 Å². The van der Waals surface area contributed by atoms with Gasteiger partial charge in [0.2, 0.25) is 5.95 Å². The van der Waals surface area contributed by atoms with E-state index in [0.717, 1.165) is 19.3 Å². The summed E-state index contributed by atoms with van der Waals surface area (Å²) in [6.07, 6.45) is 8.96. The molecule has 3 N–H and O–H groups in total. The highest BCUT2D eigenvalue weighted by Gasteiger charge is 2.21. The molecule has 4 aromatic rings. The number of fused-ring (bicyclic) bond motifs is 1. The SMILES string of the molecule is C=C(Nc1ncnc2c1ncn2C1CCCCO1)C(=O)Nc1ccc(F)cc1Nc1ncccn1. The van der Waals surface area contributed by atoms with E-state index in [9.17, 15) is 9.18 Å². The van der Waals surface area contributed by atoms with Crippen LogP contribution in [0.1, 0.15) is 25.5 Å². The number of aromatic nitrogens is 6. The van der Waals surface area contributed by atoms with E-state index in [-0.39, 0.29) is 23.6 Å². The Labute approximate surface area is 199 Å². The number of hydrogen-bond acceptors (Lipinski definition) is 9. The zero-order valence-electron chi connectivity index (χ0n) is 18.6. The van der Waals surface area contributed by atoms with Crippen molar-refractivity contribution in [2.75, 3.05) is 22.6 Å². The van der Waals surface area contributed by atoms with E-state index in [4.69, 9.17) is 4.74 Å². The average Bonchev–Trinajstić information content (AvgIpc) is 3.32. The molecule has 35 heavy (non-hydrogen) atoms. The number of rotatable bonds is 7. The molecule has 0 radical (unpaired) electrons. The predicted octanol–water partition coefficient (Wildman–Crippen LogP) is 3.76. The molecule has 1 aliphatic heterocycles. The summed E-state index contributed by atoms with van der Waals surface area (Å²) in [7, 11) is 0. The number of nitrogens with zero attached hydrogens (tertiary/aromatic N) is 6. The molecule has 5 rings (SSSR count). The van der Waals surface area contributed by atoms with Crippen LogP contribution in [0.3, 0.4) is 0 Å². The number of nitrogens with one attached hydrogen (secondary N) is 3. The number of hydrogen-bond donors (Lipinski definition) is 3. The molecule has 0 aliphatic carbocycles. The lowest BCUT2D eigenvalue weighted by atomic mass is 10.2. The van der Waals surface area contributed by atoms with Gasteiger partial charge < -0.3 is 20.7 Å². The minimum Gasteiger partial charge on any atom is -0.358 e. The van der Waals surface area contributed by atoms with Crippen molar-refractivity contribution in [2.24, 2.45) is 0 Å². The Morgan fingerprint density at radius 2 is 1.94 bits per heavy atom. The standard InChI is InChI=1S/C23H22FN9O2/c1-14(22(34)31-16-7-6-15(24)11-17(16)32-23-25-8-4-9-26-23)30-20-19-21(28-12-27-20)33(13-29-19)18-5-2-3-10-35-18/h4,6-9,11-13,18H,1-3,5,10H2,(H,31,34)(H,25,26,32)(H,27,28,30). The number of benzene rings is 1. The molecule has 0 spiro atoms. The van der Waals surface area contributed by atoms with Gasteiger partial charge in [0.05, 0.1) is 23.4 Å². The van der Waals surface area contributed by atoms with Gasteiger partial charge in [0.15, 0.2) is 17.0 Å². The second-order valence-corrected chi connectivity index (χ2v) is 7.81. The zero-order chi connectivity index (χ0) is 24.2. The van der Waals surface area contributed by atoms with Crippen LogP contribution in [0.2, 0.25) is 0 Å². The molecule has 178 valence electrons. The van der Waals surface area contributed by atoms with Gasteiger partial charge in [-0.2, -0.15) is 0 Å². The van der Waals surface area contributed by atoms with Crippen LogP contribution in [0.4, 0.5) is 27.5 Å². The molecule has 1 aliphatic rings. The normalized spacial score (nSPS) is 15.5. The second kappa shape index (κ2) is 9.81. The highest BCUT2D eigenvalue weighted by molar-refractivity contribution is 6.07. The molecule has 1 aromatic carbocycles. The van der Waals surface area contributed by atoms with Crippen LogP contribution in [-0.2, 0) is 9.53 Å². The fourth-order valence-corrected chi connectivity index (χ4v) is 3.71. The largest absolute Gasteiger partial charge is 0.358 e. The predicted molar refractivity (Wildman–Crippen MR) is 127 cm³/mol. The Kier molecular flexibility index (Phi) is 6.26. The first-order valence-corrected chi connectivity index (χ1v) is 11.0. The van der Waals surface area contributed by atoms with Crippen molar-refractivity contribution in [3.8, 4) is 0 Å². The summed E-state index contributed by atoms with van der Waals surface area (Å²) in [5.41, 5.74) is 1.70. The number of ether oxygens (including phenoxy) is 1. The number of anilines is 4. The summed E-state index contributed by atoms with van der Waals surface area (Å²) < 4.78 is 21.6. The Morgan fingerprint density at radius 3 is 2.74 bits per heavy atom. The Balaban J connectivity index is 1.32. The molecular weight excluding hydrogens is 453 g/mol. The molecule has 12 heteroatoms. The molecule has 1 saturated heterocycles. The van der Waals surface area contributed by atoms with Crippen LogP contribution >= 0.6 is 0 Å². The lowest BCUT2D eigenvalue weighted by Gasteiger charge is -2.23. The maximum Gasteiger partial charge on any atom is 0.271 e. The molecule has 1 unspecified atom stereocenters. The minimum absolute atomic E-state index is 0.0136. The van der Waals surface area contributed by atoms with Crippen molar-refractivity contribution in [2.45, 2.75) is 25.5 Å². The van der Waals surface area contributed by atoms with E-state index in [2.05, 4.69) is 47.4 Å². The highest BCUT2D eigenvalue weighted by Crippen LogP contribution is 2.28. The molecule has 11 nitrogen and oxygen atoms in total. The van der Waals surface area contributed by atoms with Gasteiger partial charge in [-0.1, -0.05) is 6.58 Å². The third-order valence-corrected chi connectivity index (χ3v) is 5.41. The smallest absolute Gasteiger partial charge is 0.271 e. The topological polar surface area (TPSA) is 132 Å². The van der Waals surface area contributed by atoms with Crippen molar-refractivity contribution in [1.82, 2.24) is 29.5 Å². The van der Waals surface area contributed by atoms with Gasteiger partial charge in [-0.15, -0.1) is 0 Å². The van der Waals surface area contributed by atoms with E-state index in [1.807, 2.05) is 4.57 Å². The maximum atomic E-state index is 13.9. The fraction of sp³-hybridized carbons (Fsp3) is 0.217. The van der Waals surface area contributed by atoms with Gasteiger partial charge in [0.25, 0.3) is 5.91 Å². The Bertz CT molecular complexity index is 1370. The van der Waals surface area contributed by atoms with E-state index in [1.165, 1.54) is 24.5 Å². The lowest BCUT2D eigenvalue weighted by molar-refractivity contribution is -0.112. The van der Waals surface area contributed by atoms with Crippen LogP contribution in [0, 0.1) is 5.82 Å². The van der Waals surface area contributed by atoms with Crippen LogP contribution in [0.15, 0.2) is 61.6 Å². The first-order chi connectivity index (χ1) is 17.1. The summed E-state index contributed by atoms with van der Waals surface area (Å²) in [5, 5.41) is 8.51. The molecule has 4 heterocycles. The monoisotopic (exact) mass is 475 g/mol. The number of carbonyl (C=O) groups is 1. The summed E-state index contributed by atoms with van der Waals surface area (Å²) in [6.45, 7) is 4.51. The van der Waals surface area contributed by atoms with Crippen molar-refractivity contribution < 1.29 is 13.9 Å². The maximum absolute atomic E-state index is 13.9. The third-order valence-electron chi connectivity index (χ3n) is 5.41. The first kappa shape index (κ1) is 22.3. The van der Waals surface area contributed by atoms with Gasteiger partial charge in [0, 0.05) is 19.0 Å². The quantitative estimate of drug-likeness (QED) is 0.342. The van der Waals surface area contributed by atoms with E-state index in [1.54, 1.807) is 24.8 Å². The number of carbonyl (C=O) groups excluding carboxylic acids is 1. The second-order valence-electron chi connectivity index (χ2n) is 7.81. The summed E-state index contributed by atoms with van der Waals surface area (Å²) in [4.78, 5) is 34.0. The van der Waals surface area contributed by atoms with Crippen molar-refractivity contribution >= 4 is 40.2 Å². The van der Waals surface area contributed by atoms with E-state index < -0.39 is 11.7 Å². The molecule has 0 saturated carbocycles. The van der Waals surface area contributed by atoms with Gasteiger partial charge in [-0.05, 0) is 43.5 Å². The third kappa shape index (κ3) is 4.92. The molecule has 3 aromatic heterocycles. The number of imidazole rings is 1. The summed E-state index contributed by atoms with van der Waals surface area (Å²) in [5.74, 6) is -0.443. The summed E-state index contributed by atoms with van der Waals surface area (Å²) >= 11 is 0.